The Morgan fingerprint density at radius 2 is 1.88 bits per heavy atom. The fourth-order valence-electron chi connectivity index (χ4n) is 3.17. The highest BCUT2D eigenvalue weighted by Gasteiger charge is 2.30. The number of aryl methyl sites for hydroxylation is 2. The number of amides is 1. The Morgan fingerprint density at radius 1 is 1.19 bits per heavy atom. The third-order valence-electron chi connectivity index (χ3n) is 4.98. The van der Waals surface area contributed by atoms with Crippen LogP contribution in [0.2, 0.25) is 0 Å². The Labute approximate surface area is 183 Å². The predicted molar refractivity (Wildman–Crippen MR) is 112 cm³/mol. The number of carbonyl (C=O) groups is 1. The molecule has 0 saturated heterocycles. The summed E-state index contributed by atoms with van der Waals surface area (Å²) in [6, 6.07) is 11.8. The molecule has 1 N–H and O–H groups in total. The summed E-state index contributed by atoms with van der Waals surface area (Å²) in [5.41, 5.74) is 1.14. The normalized spacial score (nSPS) is 12.4. The number of aliphatic hydroxyl groups excluding tert-OH is 1. The predicted octanol–water partition coefficient (Wildman–Crippen LogP) is 3.83. The minimum absolute atomic E-state index is 0.0410. The fraction of sp³-hybridized carbons (Fsp3) is 0.304. The van der Waals surface area contributed by atoms with E-state index in [0.717, 1.165) is 23.3 Å². The van der Waals surface area contributed by atoms with Crippen molar-refractivity contribution < 1.29 is 27.8 Å². The van der Waals surface area contributed by atoms with Gasteiger partial charge in [-0.25, -0.2) is 4.98 Å². The largest absolute Gasteiger partial charge is 0.491 e. The van der Waals surface area contributed by atoms with E-state index < -0.39 is 17.8 Å². The zero-order chi connectivity index (χ0) is 23.3. The third-order valence-corrected chi connectivity index (χ3v) is 4.98. The van der Waals surface area contributed by atoms with Gasteiger partial charge in [-0.15, -0.1) is 0 Å². The summed E-state index contributed by atoms with van der Waals surface area (Å²) >= 11 is 0. The number of imidazole rings is 1. The molecule has 0 aliphatic rings. The summed E-state index contributed by atoms with van der Waals surface area (Å²) in [7, 11) is 1.70. The summed E-state index contributed by atoms with van der Waals surface area (Å²) in [6.45, 7) is 1.96. The molecule has 0 bridgehead atoms. The van der Waals surface area contributed by atoms with Crippen molar-refractivity contribution in [2.75, 3.05) is 13.2 Å². The first-order valence-corrected chi connectivity index (χ1v) is 9.94. The van der Waals surface area contributed by atoms with Gasteiger partial charge in [0.25, 0.3) is 5.91 Å². The van der Waals surface area contributed by atoms with Crippen LogP contribution in [0.4, 0.5) is 13.2 Å². The molecule has 0 saturated carbocycles. The van der Waals surface area contributed by atoms with Gasteiger partial charge in [-0.05, 0) is 42.3 Å². The lowest BCUT2D eigenvalue weighted by Crippen LogP contribution is -2.40. The Hall–Kier alpha value is -3.33. The second kappa shape index (κ2) is 9.86. The number of benzene rings is 2. The van der Waals surface area contributed by atoms with Gasteiger partial charge in [-0.2, -0.15) is 13.2 Å². The van der Waals surface area contributed by atoms with Crippen LogP contribution in [0, 0.1) is 6.92 Å². The number of hydrogen-bond acceptors (Lipinski definition) is 4. The van der Waals surface area contributed by atoms with Gasteiger partial charge < -0.3 is 19.3 Å². The molecule has 0 fully saturated rings. The van der Waals surface area contributed by atoms with Crippen LogP contribution in [0.15, 0.2) is 60.9 Å². The Balaban J connectivity index is 1.69. The van der Waals surface area contributed by atoms with Crippen LogP contribution in [-0.4, -0.2) is 44.7 Å². The molecule has 1 heterocycles. The molecule has 0 aliphatic carbocycles. The van der Waals surface area contributed by atoms with Crippen molar-refractivity contribution >= 4 is 5.91 Å². The van der Waals surface area contributed by atoms with E-state index in [1.54, 1.807) is 17.8 Å². The summed E-state index contributed by atoms with van der Waals surface area (Å²) < 4.78 is 45.1. The molecule has 1 aromatic heterocycles. The second-order valence-corrected chi connectivity index (χ2v) is 7.46. The van der Waals surface area contributed by atoms with Gasteiger partial charge in [0.05, 0.1) is 12.1 Å². The minimum atomic E-state index is -4.43. The van der Waals surface area contributed by atoms with Gasteiger partial charge in [0, 0.05) is 26.0 Å². The molecule has 170 valence electrons. The van der Waals surface area contributed by atoms with Gasteiger partial charge in [0.1, 0.15) is 18.5 Å². The zero-order valence-electron chi connectivity index (χ0n) is 17.7. The van der Waals surface area contributed by atoms with Crippen molar-refractivity contribution in [2.45, 2.75) is 25.7 Å². The second-order valence-electron chi connectivity index (χ2n) is 7.46. The molecule has 3 aromatic rings. The third kappa shape index (κ3) is 5.88. The summed E-state index contributed by atoms with van der Waals surface area (Å²) in [6.07, 6.45) is -2.32. The number of carbonyl (C=O) groups excluding carboxylic acids is 1. The maximum Gasteiger partial charge on any atom is 0.416 e. The standard InChI is InChI=1S/C23H24F3N3O3/c1-16-5-3-4-6-17(16)13-29(22(31)21-27-11-12-28(21)2)14-19(30)15-32-20-9-7-18(8-10-20)23(24,25)26/h3-12,19,30H,13-15H2,1-2H3. The van der Waals surface area contributed by atoms with Crippen LogP contribution in [0.1, 0.15) is 27.3 Å². The van der Waals surface area contributed by atoms with Crippen molar-refractivity contribution in [1.29, 1.82) is 0 Å². The highest BCUT2D eigenvalue weighted by molar-refractivity contribution is 5.90. The number of alkyl halides is 3. The van der Waals surface area contributed by atoms with E-state index in [1.165, 1.54) is 23.2 Å². The molecular formula is C23H24F3N3O3. The molecule has 2 aromatic carbocycles. The van der Waals surface area contributed by atoms with Crippen molar-refractivity contribution in [2.24, 2.45) is 7.05 Å². The van der Waals surface area contributed by atoms with Gasteiger partial charge in [0.15, 0.2) is 5.82 Å². The monoisotopic (exact) mass is 447 g/mol. The van der Waals surface area contributed by atoms with E-state index in [0.29, 0.717) is 0 Å². The number of nitrogens with zero attached hydrogens (tertiary/aromatic N) is 3. The molecule has 1 amide bonds. The lowest BCUT2D eigenvalue weighted by atomic mass is 10.1. The average molecular weight is 447 g/mol. The quantitative estimate of drug-likeness (QED) is 0.570. The van der Waals surface area contributed by atoms with Crippen molar-refractivity contribution in [3.05, 3.63) is 83.4 Å². The Kier molecular flexibility index (Phi) is 7.19. The van der Waals surface area contributed by atoms with Crippen LogP contribution in [-0.2, 0) is 19.8 Å². The number of aromatic nitrogens is 2. The fourth-order valence-corrected chi connectivity index (χ4v) is 3.17. The maximum absolute atomic E-state index is 13.1. The van der Waals surface area contributed by atoms with Crippen molar-refractivity contribution in [3.63, 3.8) is 0 Å². The molecule has 1 atom stereocenters. The number of halogens is 3. The summed E-state index contributed by atoms with van der Waals surface area (Å²) in [4.78, 5) is 18.6. The highest BCUT2D eigenvalue weighted by atomic mass is 19.4. The molecule has 9 heteroatoms. The van der Waals surface area contributed by atoms with E-state index in [-0.39, 0.29) is 37.2 Å². The number of ether oxygens (including phenoxy) is 1. The van der Waals surface area contributed by atoms with E-state index in [9.17, 15) is 23.1 Å². The molecule has 32 heavy (non-hydrogen) atoms. The van der Waals surface area contributed by atoms with Gasteiger partial charge in [0.2, 0.25) is 0 Å². The lowest BCUT2D eigenvalue weighted by molar-refractivity contribution is -0.137. The molecule has 0 aliphatic heterocycles. The van der Waals surface area contributed by atoms with Crippen LogP contribution < -0.4 is 4.74 Å². The van der Waals surface area contributed by atoms with Crippen LogP contribution in [0.5, 0.6) is 5.75 Å². The first kappa shape index (κ1) is 23.3. The number of aliphatic hydroxyl groups is 1. The first-order chi connectivity index (χ1) is 15.1. The Bertz CT molecular complexity index is 1050. The zero-order valence-corrected chi connectivity index (χ0v) is 17.7. The van der Waals surface area contributed by atoms with E-state index >= 15 is 0 Å². The van der Waals surface area contributed by atoms with E-state index in [1.807, 2.05) is 31.2 Å². The van der Waals surface area contributed by atoms with E-state index in [2.05, 4.69) is 4.98 Å². The van der Waals surface area contributed by atoms with Gasteiger partial charge in [-0.3, -0.25) is 4.79 Å². The number of hydrogen-bond donors (Lipinski definition) is 1. The van der Waals surface area contributed by atoms with Gasteiger partial charge in [-0.1, -0.05) is 24.3 Å². The maximum atomic E-state index is 13.1. The van der Waals surface area contributed by atoms with Crippen LogP contribution in [0.25, 0.3) is 0 Å². The van der Waals surface area contributed by atoms with Crippen molar-refractivity contribution in [1.82, 2.24) is 14.5 Å². The molecule has 0 radical (unpaired) electrons. The lowest BCUT2D eigenvalue weighted by Gasteiger charge is -2.26. The first-order valence-electron chi connectivity index (χ1n) is 9.94. The summed E-state index contributed by atoms with van der Waals surface area (Å²) in [5.74, 6) is 0.0710. The van der Waals surface area contributed by atoms with Crippen LogP contribution >= 0.6 is 0 Å². The molecular weight excluding hydrogens is 423 g/mol. The Morgan fingerprint density at radius 3 is 2.47 bits per heavy atom. The van der Waals surface area contributed by atoms with Gasteiger partial charge >= 0.3 is 6.18 Å². The summed E-state index contributed by atoms with van der Waals surface area (Å²) in [5, 5.41) is 10.5. The molecule has 6 nitrogen and oxygen atoms in total. The highest BCUT2D eigenvalue weighted by Crippen LogP contribution is 2.30. The minimum Gasteiger partial charge on any atom is -0.491 e. The smallest absolute Gasteiger partial charge is 0.416 e. The molecule has 1 unspecified atom stereocenters. The van der Waals surface area contributed by atoms with E-state index in [4.69, 9.17) is 4.74 Å². The number of rotatable bonds is 8. The average Bonchev–Trinajstić information content (AvgIpc) is 3.18. The topological polar surface area (TPSA) is 67.6 Å². The SMILES string of the molecule is Cc1ccccc1CN(CC(O)COc1ccc(C(F)(F)F)cc1)C(=O)c1nccn1C. The van der Waals surface area contributed by atoms with Crippen LogP contribution in [0.3, 0.4) is 0 Å². The molecule has 0 spiro atoms. The molecule has 3 rings (SSSR count). The van der Waals surface area contributed by atoms with Crippen molar-refractivity contribution in [3.8, 4) is 5.75 Å².